The van der Waals surface area contributed by atoms with Crippen LogP contribution in [0.25, 0.3) is 11.4 Å². The zero-order valence-corrected chi connectivity index (χ0v) is 12.9. The van der Waals surface area contributed by atoms with Gasteiger partial charge in [0.1, 0.15) is 11.6 Å². The second kappa shape index (κ2) is 7.07. The number of para-hydroxylation sites is 1. The lowest BCUT2D eigenvalue weighted by molar-refractivity contribution is 0.318. The van der Waals surface area contributed by atoms with Crippen LogP contribution in [0, 0.1) is 0 Å². The van der Waals surface area contributed by atoms with Crippen LogP contribution in [0.5, 0.6) is 5.75 Å². The molecule has 0 radical (unpaired) electrons. The van der Waals surface area contributed by atoms with E-state index in [1.165, 1.54) is 0 Å². The van der Waals surface area contributed by atoms with Gasteiger partial charge in [0.2, 0.25) is 0 Å². The van der Waals surface area contributed by atoms with E-state index in [0.717, 1.165) is 35.4 Å². The lowest BCUT2D eigenvalue weighted by atomic mass is 10.1. The highest BCUT2D eigenvalue weighted by Gasteiger charge is 2.13. The van der Waals surface area contributed by atoms with Gasteiger partial charge in [-0.25, -0.2) is 4.98 Å². The Hall–Kier alpha value is -2.10. The molecule has 0 aliphatic heterocycles. The van der Waals surface area contributed by atoms with Crippen molar-refractivity contribution in [3.05, 3.63) is 45.9 Å². The Balaban J connectivity index is 2.52. The molecule has 1 heterocycles. The molecule has 0 amide bonds. The van der Waals surface area contributed by atoms with Crippen molar-refractivity contribution in [3.63, 3.8) is 0 Å². The molecule has 0 saturated carbocycles. The quantitative estimate of drug-likeness (QED) is 0.886. The number of nitrogens with zero attached hydrogens (tertiary/aromatic N) is 1. The molecule has 1 aromatic heterocycles. The van der Waals surface area contributed by atoms with Crippen molar-refractivity contribution in [2.75, 3.05) is 6.61 Å². The van der Waals surface area contributed by atoms with Crippen molar-refractivity contribution in [2.45, 2.75) is 40.0 Å². The van der Waals surface area contributed by atoms with Gasteiger partial charge in [-0.3, -0.25) is 4.79 Å². The minimum Gasteiger partial charge on any atom is -0.493 e. The predicted octanol–water partition coefficient (Wildman–Crippen LogP) is 3.35. The fourth-order valence-electron chi connectivity index (χ4n) is 2.33. The van der Waals surface area contributed by atoms with E-state index >= 15 is 0 Å². The topological polar surface area (TPSA) is 55.0 Å². The van der Waals surface area contributed by atoms with Crippen LogP contribution in [0.3, 0.4) is 0 Å². The predicted molar refractivity (Wildman–Crippen MR) is 84.8 cm³/mol. The van der Waals surface area contributed by atoms with Crippen LogP contribution in [0.15, 0.2) is 29.1 Å². The molecule has 0 unspecified atom stereocenters. The van der Waals surface area contributed by atoms with Gasteiger partial charge < -0.3 is 9.72 Å². The van der Waals surface area contributed by atoms with E-state index in [1.54, 1.807) is 0 Å². The molecule has 4 heteroatoms. The zero-order valence-electron chi connectivity index (χ0n) is 12.9. The van der Waals surface area contributed by atoms with Crippen molar-refractivity contribution in [3.8, 4) is 17.1 Å². The smallest absolute Gasteiger partial charge is 0.254 e. The number of H-pyrrole nitrogens is 1. The van der Waals surface area contributed by atoms with E-state index in [-0.39, 0.29) is 5.56 Å². The first-order chi connectivity index (χ1) is 10.2. The summed E-state index contributed by atoms with van der Waals surface area (Å²) in [4.78, 5) is 19.7. The average molecular weight is 286 g/mol. The third-order valence-corrected chi connectivity index (χ3v) is 3.39. The monoisotopic (exact) mass is 286 g/mol. The first kappa shape index (κ1) is 15.3. The number of nitrogens with one attached hydrogen (secondary N) is 1. The summed E-state index contributed by atoms with van der Waals surface area (Å²) in [6.07, 6.45) is 2.38. The standard InChI is InChI=1S/C17H22N2O2/c1-4-11-21-15-10-8-7-9-13(15)16-18-14(6-3)12(5-2)17(20)19-16/h7-10H,4-6,11H2,1-3H3,(H,18,19,20). The number of benzene rings is 1. The Bertz CT molecular complexity index is 662. The maximum atomic E-state index is 12.2. The molecule has 1 N–H and O–H groups in total. The largest absolute Gasteiger partial charge is 0.493 e. The molecule has 21 heavy (non-hydrogen) atoms. The van der Waals surface area contributed by atoms with Gasteiger partial charge in [-0.15, -0.1) is 0 Å². The summed E-state index contributed by atoms with van der Waals surface area (Å²) in [6, 6.07) is 7.68. The summed E-state index contributed by atoms with van der Waals surface area (Å²) in [5.41, 5.74) is 2.42. The molecule has 2 rings (SSSR count). The number of hydrogen-bond donors (Lipinski definition) is 1. The van der Waals surface area contributed by atoms with E-state index in [1.807, 2.05) is 38.1 Å². The molecule has 0 saturated heterocycles. The highest BCUT2D eigenvalue weighted by molar-refractivity contribution is 5.64. The minimum absolute atomic E-state index is 0.0513. The fourth-order valence-corrected chi connectivity index (χ4v) is 2.33. The molecule has 0 atom stereocenters. The Labute approximate surface area is 125 Å². The fraction of sp³-hybridized carbons (Fsp3) is 0.412. The molecular weight excluding hydrogens is 264 g/mol. The molecular formula is C17H22N2O2. The summed E-state index contributed by atoms with van der Waals surface area (Å²) in [7, 11) is 0. The lowest BCUT2D eigenvalue weighted by Crippen LogP contribution is -2.18. The molecule has 2 aromatic rings. The summed E-state index contributed by atoms with van der Waals surface area (Å²) in [6.45, 7) is 6.70. The van der Waals surface area contributed by atoms with E-state index < -0.39 is 0 Å². The normalized spacial score (nSPS) is 10.6. The van der Waals surface area contributed by atoms with Gasteiger partial charge in [0, 0.05) is 5.56 Å². The van der Waals surface area contributed by atoms with Gasteiger partial charge in [-0.05, 0) is 31.4 Å². The van der Waals surface area contributed by atoms with E-state index in [4.69, 9.17) is 4.74 Å². The Morgan fingerprint density at radius 2 is 1.90 bits per heavy atom. The molecule has 0 aliphatic rings. The van der Waals surface area contributed by atoms with Crippen LogP contribution < -0.4 is 10.3 Å². The van der Waals surface area contributed by atoms with Crippen LogP contribution in [0.4, 0.5) is 0 Å². The Morgan fingerprint density at radius 3 is 2.57 bits per heavy atom. The van der Waals surface area contributed by atoms with Gasteiger partial charge in [0.05, 0.1) is 17.9 Å². The molecule has 112 valence electrons. The van der Waals surface area contributed by atoms with Crippen LogP contribution in [-0.2, 0) is 12.8 Å². The van der Waals surface area contributed by atoms with Crippen LogP contribution in [0.2, 0.25) is 0 Å². The van der Waals surface area contributed by atoms with Crippen LogP contribution in [0.1, 0.15) is 38.4 Å². The van der Waals surface area contributed by atoms with Crippen molar-refractivity contribution in [2.24, 2.45) is 0 Å². The molecule has 0 aliphatic carbocycles. The number of ether oxygens (including phenoxy) is 1. The molecule has 0 bridgehead atoms. The van der Waals surface area contributed by atoms with E-state index in [2.05, 4.69) is 16.9 Å². The molecule has 4 nitrogen and oxygen atoms in total. The van der Waals surface area contributed by atoms with Gasteiger partial charge in [-0.2, -0.15) is 0 Å². The second-order valence-corrected chi connectivity index (χ2v) is 4.89. The van der Waals surface area contributed by atoms with Crippen molar-refractivity contribution in [1.82, 2.24) is 9.97 Å². The van der Waals surface area contributed by atoms with Crippen molar-refractivity contribution < 1.29 is 4.74 Å². The highest BCUT2D eigenvalue weighted by Crippen LogP contribution is 2.27. The van der Waals surface area contributed by atoms with Gasteiger partial charge in [0.15, 0.2) is 0 Å². The SMILES string of the molecule is CCCOc1ccccc1-c1nc(CC)c(CC)c(=O)[nH]1. The first-order valence-corrected chi connectivity index (χ1v) is 7.55. The minimum atomic E-state index is -0.0513. The highest BCUT2D eigenvalue weighted by atomic mass is 16.5. The Kier molecular flexibility index (Phi) is 5.14. The number of rotatable bonds is 6. The number of aromatic nitrogens is 2. The second-order valence-electron chi connectivity index (χ2n) is 4.89. The molecule has 0 spiro atoms. The third-order valence-electron chi connectivity index (χ3n) is 3.39. The van der Waals surface area contributed by atoms with Crippen molar-refractivity contribution >= 4 is 0 Å². The summed E-state index contributed by atoms with van der Waals surface area (Å²) in [5.74, 6) is 1.34. The zero-order chi connectivity index (χ0) is 15.2. The van der Waals surface area contributed by atoms with Gasteiger partial charge in [-0.1, -0.05) is 32.9 Å². The summed E-state index contributed by atoms with van der Waals surface area (Å²) < 4.78 is 5.75. The van der Waals surface area contributed by atoms with E-state index in [9.17, 15) is 4.79 Å². The average Bonchev–Trinajstić information content (AvgIpc) is 2.52. The number of aromatic amines is 1. The third kappa shape index (κ3) is 3.32. The maximum Gasteiger partial charge on any atom is 0.254 e. The summed E-state index contributed by atoms with van der Waals surface area (Å²) in [5, 5.41) is 0. The van der Waals surface area contributed by atoms with E-state index in [0.29, 0.717) is 18.9 Å². The first-order valence-electron chi connectivity index (χ1n) is 7.55. The maximum absolute atomic E-state index is 12.2. The number of hydrogen-bond acceptors (Lipinski definition) is 3. The van der Waals surface area contributed by atoms with Crippen LogP contribution in [-0.4, -0.2) is 16.6 Å². The lowest BCUT2D eigenvalue weighted by Gasteiger charge is -2.12. The molecule has 0 fully saturated rings. The molecule has 1 aromatic carbocycles. The number of aryl methyl sites for hydroxylation is 1. The summed E-state index contributed by atoms with van der Waals surface area (Å²) >= 11 is 0. The van der Waals surface area contributed by atoms with Gasteiger partial charge >= 0.3 is 0 Å². The Morgan fingerprint density at radius 1 is 1.14 bits per heavy atom. The van der Waals surface area contributed by atoms with Crippen LogP contribution >= 0.6 is 0 Å². The van der Waals surface area contributed by atoms with Crippen molar-refractivity contribution in [1.29, 1.82) is 0 Å². The van der Waals surface area contributed by atoms with Gasteiger partial charge in [0.25, 0.3) is 5.56 Å².